The van der Waals surface area contributed by atoms with Crippen LogP contribution in [0.2, 0.25) is 0 Å². The average Bonchev–Trinajstić information content (AvgIpc) is 2.81. The van der Waals surface area contributed by atoms with Crippen LogP contribution < -0.4 is 0 Å². The highest BCUT2D eigenvalue weighted by atomic mass is 16.4. The van der Waals surface area contributed by atoms with Crippen molar-refractivity contribution in [1.82, 2.24) is 9.80 Å². The molecule has 0 aromatic carbocycles. The third kappa shape index (κ3) is 3.19. The summed E-state index contributed by atoms with van der Waals surface area (Å²) in [6.45, 7) is 5.41. The molecule has 1 aliphatic heterocycles. The molecule has 5 heteroatoms. The highest BCUT2D eigenvalue weighted by Gasteiger charge is 2.45. The molecule has 1 heterocycles. The van der Waals surface area contributed by atoms with E-state index in [2.05, 4.69) is 5.92 Å². The van der Waals surface area contributed by atoms with Crippen LogP contribution in [0.1, 0.15) is 33.1 Å². The topological polar surface area (TPSA) is 60.9 Å². The van der Waals surface area contributed by atoms with E-state index in [0.717, 1.165) is 6.42 Å². The van der Waals surface area contributed by atoms with Gasteiger partial charge < -0.3 is 14.9 Å². The summed E-state index contributed by atoms with van der Waals surface area (Å²) in [6, 6.07) is -0.153. The molecule has 0 saturated carbocycles. The zero-order chi connectivity index (χ0) is 14.5. The standard InChI is InChI=1S/C14H22N2O3/c1-4-7-14(12(17)18)8-10-16(11-14)13(19)15(6-3)9-5-2/h2H,4,6-11H2,1,3H3,(H,17,18). The number of aliphatic carboxylic acids is 1. The van der Waals surface area contributed by atoms with Crippen LogP contribution in [0, 0.1) is 17.8 Å². The minimum atomic E-state index is -0.801. The Labute approximate surface area is 114 Å². The largest absolute Gasteiger partial charge is 0.481 e. The van der Waals surface area contributed by atoms with Gasteiger partial charge in [-0.25, -0.2) is 4.79 Å². The fourth-order valence-electron chi connectivity index (χ4n) is 2.62. The highest BCUT2D eigenvalue weighted by molar-refractivity contribution is 5.80. The van der Waals surface area contributed by atoms with E-state index < -0.39 is 11.4 Å². The van der Waals surface area contributed by atoms with E-state index in [0.29, 0.717) is 25.9 Å². The van der Waals surface area contributed by atoms with E-state index in [1.165, 1.54) is 0 Å². The van der Waals surface area contributed by atoms with E-state index in [9.17, 15) is 14.7 Å². The van der Waals surface area contributed by atoms with Gasteiger partial charge in [-0.05, 0) is 19.8 Å². The maximum atomic E-state index is 12.2. The summed E-state index contributed by atoms with van der Waals surface area (Å²) in [6.07, 6.45) is 7.16. The zero-order valence-corrected chi connectivity index (χ0v) is 11.7. The fraction of sp³-hybridized carbons (Fsp3) is 0.714. The fourth-order valence-corrected chi connectivity index (χ4v) is 2.62. The first-order valence-corrected chi connectivity index (χ1v) is 6.71. The maximum Gasteiger partial charge on any atom is 0.320 e. The van der Waals surface area contributed by atoms with Crippen molar-refractivity contribution in [1.29, 1.82) is 0 Å². The van der Waals surface area contributed by atoms with Crippen LogP contribution in [0.5, 0.6) is 0 Å². The van der Waals surface area contributed by atoms with Gasteiger partial charge in [0.25, 0.3) is 0 Å². The van der Waals surface area contributed by atoms with Gasteiger partial charge in [0.15, 0.2) is 0 Å². The monoisotopic (exact) mass is 266 g/mol. The molecule has 0 aliphatic carbocycles. The number of likely N-dealkylation sites (tertiary alicyclic amines) is 1. The number of hydrogen-bond donors (Lipinski definition) is 1. The summed E-state index contributed by atoms with van der Waals surface area (Å²) < 4.78 is 0. The third-order valence-electron chi connectivity index (χ3n) is 3.74. The van der Waals surface area contributed by atoms with Gasteiger partial charge in [0.1, 0.15) is 0 Å². The Bertz CT molecular complexity index is 389. The van der Waals surface area contributed by atoms with Crippen molar-refractivity contribution in [3.63, 3.8) is 0 Å². The van der Waals surface area contributed by atoms with Crippen molar-refractivity contribution >= 4 is 12.0 Å². The zero-order valence-electron chi connectivity index (χ0n) is 11.7. The van der Waals surface area contributed by atoms with Gasteiger partial charge in [-0.1, -0.05) is 19.3 Å². The predicted molar refractivity (Wildman–Crippen MR) is 72.6 cm³/mol. The van der Waals surface area contributed by atoms with Crippen molar-refractivity contribution in [2.75, 3.05) is 26.2 Å². The van der Waals surface area contributed by atoms with E-state index in [-0.39, 0.29) is 19.1 Å². The molecule has 0 radical (unpaired) electrons. The minimum Gasteiger partial charge on any atom is -0.481 e. The number of carbonyl (C=O) groups is 2. The average molecular weight is 266 g/mol. The molecule has 19 heavy (non-hydrogen) atoms. The second kappa shape index (κ2) is 6.46. The number of carboxylic acid groups (broad SMARTS) is 1. The second-order valence-corrected chi connectivity index (χ2v) is 5.01. The molecule has 1 aliphatic rings. The molecule has 0 spiro atoms. The van der Waals surface area contributed by atoms with Gasteiger partial charge in [-0.15, -0.1) is 6.42 Å². The molecule has 106 valence electrons. The van der Waals surface area contributed by atoms with Crippen LogP contribution in [-0.4, -0.2) is 53.1 Å². The van der Waals surface area contributed by atoms with Gasteiger partial charge in [-0.2, -0.15) is 0 Å². The molecule has 0 aromatic rings. The van der Waals surface area contributed by atoms with Crippen LogP contribution in [0.3, 0.4) is 0 Å². The van der Waals surface area contributed by atoms with E-state index in [4.69, 9.17) is 6.42 Å². The summed E-state index contributed by atoms with van der Waals surface area (Å²) >= 11 is 0. The molecule has 1 unspecified atom stereocenters. The SMILES string of the molecule is C#CCN(CC)C(=O)N1CCC(CCC)(C(=O)O)C1. The number of urea groups is 1. The number of nitrogens with zero attached hydrogens (tertiary/aromatic N) is 2. The molecule has 1 saturated heterocycles. The molecule has 0 bridgehead atoms. The second-order valence-electron chi connectivity index (χ2n) is 5.01. The van der Waals surface area contributed by atoms with Crippen LogP contribution in [0.4, 0.5) is 4.79 Å². The molecule has 1 rings (SSSR count). The lowest BCUT2D eigenvalue weighted by molar-refractivity contribution is -0.148. The first-order valence-electron chi connectivity index (χ1n) is 6.71. The Morgan fingerprint density at radius 2 is 2.16 bits per heavy atom. The van der Waals surface area contributed by atoms with Crippen molar-refractivity contribution < 1.29 is 14.7 Å². The van der Waals surface area contributed by atoms with Crippen molar-refractivity contribution in [2.45, 2.75) is 33.1 Å². The number of terminal acetylenes is 1. The van der Waals surface area contributed by atoms with Gasteiger partial charge in [-0.3, -0.25) is 4.79 Å². The van der Waals surface area contributed by atoms with E-state index >= 15 is 0 Å². The van der Waals surface area contributed by atoms with Gasteiger partial charge in [0, 0.05) is 19.6 Å². The first kappa shape index (κ1) is 15.4. The maximum absolute atomic E-state index is 12.2. The smallest absolute Gasteiger partial charge is 0.320 e. The lowest BCUT2D eigenvalue weighted by atomic mass is 9.83. The predicted octanol–water partition coefficient (Wildman–Crippen LogP) is 1.64. The number of amides is 2. The molecule has 1 N–H and O–H groups in total. The minimum absolute atomic E-state index is 0.153. The lowest BCUT2D eigenvalue weighted by Crippen LogP contribution is -2.44. The van der Waals surface area contributed by atoms with Crippen LogP contribution in [0.15, 0.2) is 0 Å². The lowest BCUT2D eigenvalue weighted by Gasteiger charge is -2.28. The summed E-state index contributed by atoms with van der Waals surface area (Å²) in [5.41, 5.74) is -0.778. The van der Waals surface area contributed by atoms with Crippen LogP contribution in [0.25, 0.3) is 0 Å². The molecule has 5 nitrogen and oxygen atoms in total. The number of carbonyl (C=O) groups excluding carboxylic acids is 1. The summed E-state index contributed by atoms with van der Waals surface area (Å²) in [7, 11) is 0. The van der Waals surface area contributed by atoms with Crippen LogP contribution in [-0.2, 0) is 4.79 Å². The van der Waals surface area contributed by atoms with Gasteiger partial charge in [0.05, 0.1) is 12.0 Å². The van der Waals surface area contributed by atoms with Crippen molar-refractivity contribution in [3.05, 3.63) is 0 Å². The molecule has 1 fully saturated rings. The number of hydrogen-bond acceptors (Lipinski definition) is 2. The normalized spacial score (nSPS) is 22.1. The Hall–Kier alpha value is -1.70. The molecule has 1 atom stereocenters. The molecule has 0 aromatic heterocycles. The Balaban J connectivity index is 2.76. The quantitative estimate of drug-likeness (QED) is 0.769. The van der Waals surface area contributed by atoms with Crippen LogP contribution >= 0.6 is 0 Å². The summed E-state index contributed by atoms with van der Waals surface area (Å²) in [4.78, 5) is 26.9. The van der Waals surface area contributed by atoms with Crippen molar-refractivity contribution in [3.8, 4) is 12.3 Å². The first-order chi connectivity index (χ1) is 9.00. The molecule has 2 amide bonds. The molecular weight excluding hydrogens is 244 g/mol. The summed E-state index contributed by atoms with van der Waals surface area (Å²) in [5, 5.41) is 9.41. The van der Waals surface area contributed by atoms with E-state index in [1.807, 2.05) is 13.8 Å². The Morgan fingerprint density at radius 3 is 2.63 bits per heavy atom. The van der Waals surface area contributed by atoms with Crippen molar-refractivity contribution in [2.24, 2.45) is 5.41 Å². The molecular formula is C14H22N2O3. The van der Waals surface area contributed by atoms with E-state index in [1.54, 1.807) is 9.80 Å². The Kier molecular flexibility index (Phi) is 5.22. The Morgan fingerprint density at radius 1 is 1.47 bits per heavy atom. The number of rotatable bonds is 5. The van der Waals surface area contributed by atoms with Gasteiger partial charge >= 0.3 is 12.0 Å². The summed E-state index contributed by atoms with van der Waals surface area (Å²) in [5.74, 6) is 1.65. The van der Waals surface area contributed by atoms with Gasteiger partial charge in [0.2, 0.25) is 0 Å². The highest BCUT2D eigenvalue weighted by Crippen LogP contribution is 2.35. The third-order valence-corrected chi connectivity index (χ3v) is 3.74. The number of carboxylic acids is 1.